The Morgan fingerprint density at radius 2 is 1.90 bits per heavy atom. The quantitative estimate of drug-likeness (QED) is 0.405. The third kappa shape index (κ3) is 3.49. The minimum Gasteiger partial charge on any atom is -0.477 e. The summed E-state index contributed by atoms with van der Waals surface area (Å²) in [7, 11) is 0. The summed E-state index contributed by atoms with van der Waals surface area (Å²) in [6.45, 7) is 0. The summed E-state index contributed by atoms with van der Waals surface area (Å²) in [5, 5.41) is 19.8. The first-order valence-electron chi connectivity index (χ1n) is 9.11. The number of aromatic nitrogens is 5. The average Bonchev–Trinajstić information content (AvgIpc) is 3.49. The number of nitrogens with one attached hydrogen (secondary N) is 1. The van der Waals surface area contributed by atoms with Crippen LogP contribution in [0.2, 0.25) is 0 Å². The first-order valence-corrected chi connectivity index (χ1v) is 10.7. The molecule has 0 spiro atoms. The SMILES string of the molecule is O=C(O)c1cnc(Sc2nnc(Cc3c[nH]c4ccccc34)n2-c2ccccc2)s1. The van der Waals surface area contributed by atoms with Crippen molar-refractivity contribution in [2.75, 3.05) is 0 Å². The number of carbonyl (C=O) groups is 1. The zero-order valence-electron chi connectivity index (χ0n) is 15.5. The molecule has 0 saturated carbocycles. The van der Waals surface area contributed by atoms with Gasteiger partial charge in [-0.2, -0.15) is 0 Å². The smallest absolute Gasteiger partial charge is 0.347 e. The number of thiazole rings is 1. The van der Waals surface area contributed by atoms with E-state index in [9.17, 15) is 4.79 Å². The monoisotopic (exact) mass is 433 g/mol. The lowest BCUT2D eigenvalue weighted by Gasteiger charge is -2.09. The summed E-state index contributed by atoms with van der Waals surface area (Å²) in [5.74, 6) is -0.188. The average molecular weight is 434 g/mol. The van der Waals surface area contributed by atoms with Gasteiger partial charge in [0.25, 0.3) is 0 Å². The Morgan fingerprint density at radius 3 is 2.70 bits per heavy atom. The van der Waals surface area contributed by atoms with Crippen LogP contribution in [-0.2, 0) is 6.42 Å². The molecule has 0 atom stereocenters. The van der Waals surface area contributed by atoms with Gasteiger partial charge in [0.2, 0.25) is 5.16 Å². The van der Waals surface area contributed by atoms with Crippen molar-refractivity contribution in [3.05, 3.63) is 83.3 Å². The zero-order chi connectivity index (χ0) is 20.5. The predicted octanol–water partition coefficient (Wildman–Crippen LogP) is 4.65. The highest BCUT2D eigenvalue weighted by Crippen LogP contribution is 2.33. The van der Waals surface area contributed by atoms with Crippen LogP contribution >= 0.6 is 23.1 Å². The maximum atomic E-state index is 11.2. The van der Waals surface area contributed by atoms with Crippen LogP contribution in [-0.4, -0.2) is 35.8 Å². The molecule has 5 rings (SSSR count). The molecule has 0 aliphatic carbocycles. The fraction of sp³-hybridized carbons (Fsp3) is 0.0476. The maximum Gasteiger partial charge on any atom is 0.347 e. The lowest BCUT2D eigenvalue weighted by molar-refractivity contribution is 0.0702. The van der Waals surface area contributed by atoms with Crippen LogP contribution in [0, 0.1) is 0 Å². The number of carboxylic acids is 1. The number of para-hydroxylation sites is 2. The number of fused-ring (bicyclic) bond motifs is 1. The molecule has 7 nitrogen and oxygen atoms in total. The molecule has 0 fully saturated rings. The summed E-state index contributed by atoms with van der Waals surface area (Å²) in [4.78, 5) is 18.9. The lowest BCUT2D eigenvalue weighted by Crippen LogP contribution is -2.03. The number of aromatic amines is 1. The Balaban J connectivity index is 1.55. The van der Waals surface area contributed by atoms with Gasteiger partial charge in [0, 0.05) is 29.2 Å². The van der Waals surface area contributed by atoms with E-state index in [1.807, 2.05) is 59.3 Å². The van der Waals surface area contributed by atoms with Crippen LogP contribution in [0.5, 0.6) is 0 Å². The Hall–Kier alpha value is -3.43. The van der Waals surface area contributed by atoms with Crippen LogP contribution in [0.1, 0.15) is 21.1 Å². The van der Waals surface area contributed by atoms with Gasteiger partial charge >= 0.3 is 5.97 Å². The van der Waals surface area contributed by atoms with Gasteiger partial charge < -0.3 is 10.1 Å². The number of hydrogen-bond donors (Lipinski definition) is 2. The van der Waals surface area contributed by atoms with E-state index in [1.54, 1.807) is 0 Å². The zero-order valence-corrected chi connectivity index (χ0v) is 17.2. The van der Waals surface area contributed by atoms with E-state index in [1.165, 1.54) is 18.0 Å². The summed E-state index contributed by atoms with van der Waals surface area (Å²) < 4.78 is 2.60. The van der Waals surface area contributed by atoms with E-state index >= 15 is 0 Å². The van der Waals surface area contributed by atoms with Gasteiger partial charge in [-0.1, -0.05) is 36.4 Å². The third-order valence-corrected chi connectivity index (χ3v) is 6.62. The van der Waals surface area contributed by atoms with E-state index in [0.717, 1.165) is 39.3 Å². The minimum atomic E-state index is -0.982. The summed E-state index contributed by atoms with van der Waals surface area (Å²) in [6.07, 6.45) is 3.97. The van der Waals surface area contributed by atoms with Crippen molar-refractivity contribution >= 4 is 40.0 Å². The molecule has 148 valence electrons. The molecule has 30 heavy (non-hydrogen) atoms. The second kappa shape index (κ2) is 7.77. The third-order valence-electron chi connectivity index (χ3n) is 4.61. The molecule has 2 aromatic carbocycles. The standard InChI is InChI=1S/C21H15N5O2S2/c27-19(28)17-12-23-21(29-17)30-20-25-24-18(26(20)14-6-2-1-3-7-14)10-13-11-22-16-9-5-4-8-15(13)16/h1-9,11-12,22H,10H2,(H,27,28). The summed E-state index contributed by atoms with van der Waals surface area (Å²) in [5.41, 5.74) is 3.15. The fourth-order valence-corrected chi connectivity index (χ4v) is 5.04. The van der Waals surface area contributed by atoms with Gasteiger partial charge in [-0.15, -0.1) is 21.5 Å². The van der Waals surface area contributed by atoms with Crippen LogP contribution < -0.4 is 0 Å². The van der Waals surface area contributed by atoms with Crippen LogP contribution in [0.3, 0.4) is 0 Å². The molecule has 3 heterocycles. The van der Waals surface area contributed by atoms with Crippen molar-refractivity contribution in [2.45, 2.75) is 15.9 Å². The van der Waals surface area contributed by atoms with Crippen LogP contribution in [0.15, 0.2) is 76.5 Å². The number of aromatic carboxylic acids is 1. The number of H-pyrrole nitrogens is 1. The number of rotatable bonds is 6. The first kappa shape index (κ1) is 18.6. The number of carboxylic acid groups (broad SMARTS) is 1. The number of hydrogen-bond acceptors (Lipinski definition) is 6. The summed E-state index contributed by atoms with van der Waals surface area (Å²) >= 11 is 2.43. The Labute approximate surface area is 179 Å². The van der Waals surface area contributed by atoms with Crippen molar-refractivity contribution in [1.29, 1.82) is 0 Å². The van der Waals surface area contributed by atoms with Gasteiger partial charge in [-0.3, -0.25) is 4.57 Å². The van der Waals surface area contributed by atoms with E-state index < -0.39 is 5.97 Å². The first-order chi connectivity index (χ1) is 14.7. The lowest BCUT2D eigenvalue weighted by atomic mass is 10.1. The fourth-order valence-electron chi connectivity index (χ4n) is 3.25. The predicted molar refractivity (Wildman–Crippen MR) is 116 cm³/mol. The van der Waals surface area contributed by atoms with Crippen molar-refractivity contribution in [1.82, 2.24) is 24.7 Å². The molecule has 9 heteroatoms. The molecule has 0 saturated heterocycles. The van der Waals surface area contributed by atoms with Gasteiger partial charge in [-0.05, 0) is 35.5 Å². The molecule has 3 aromatic heterocycles. The van der Waals surface area contributed by atoms with Crippen LogP contribution in [0.25, 0.3) is 16.6 Å². The summed E-state index contributed by atoms with van der Waals surface area (Å²) in [6, 6.07) is 18.0. The van der Waals surface area contributed by atoms with E-state index in [4.69, 9.17) is 5.11 Å². The number of benzene rings is 2. The van der Waals surface area contributed by atoms with Gasteiger partial charge in [0.15, 0.2) is 4.34 Å². The Kier molecular flexibility index (Phi) is 4.82. The molecule has 0 bridgehead atoms. The van der Waals surface area contributed by atoms with Crippen molar-refractivity contribution in [3.63, 3.8) is 0 Å². The van der Waals surface area contributed by atoms with Gasteiger partial charge in [-0.25, -0.2) is 9.78 Å². The molecular formula is C21H15N5O2S2. The van der Waals surface area contributed by atoms with Crippen molar-refractivity contribution in [3.8, 4) is 5.69 Å². The Bertz CT molecular complexity index is 1340. The highest BCUT2D eigenvalue weighted by atomic mass is 32.2. The molecule has 0 unspecified atom stereocenters. The Morgan fingerprint density at radius 1 is 1.10 bits per heavy atom. The van der Waals surface area contributed by atoms with Crippen molar-refractivity contribution in [2.24, 2.45) is 0 Å². The molecule has 5 aromatic rings. The molecule has 0 amide bonds. The van der Waals surface area contributed by atoms with Crippen molar-refractivity contribution < 1.29 is 9.90 Å². The molecular weight excluding hydrogens is 418 g/mol. The van der Waals surface area contributed by atoms with E-state index in [2.05, 4.69) is 26.2 Å². The normalized spacial score (nSPS) is 11.2. The van der Waals surface area contributed by atoms with Crippen LogP contribution in [0.4, 0.5) is 0 Å². The number of nitrogens with zero attached hydrogens (tertiary/aromatic N) is 4. The largest absolute Gasteiger partial charge is 0.477 e. The highest BCUT2D eigenvalue weighted by Gasteiger charge is 2.19. The molecule has 0 aliphatic heterocycles. The highest BCUT2D eigenvalue weighted by molar-refractivity contribution is 8.00. The molecule has 2 N–H and O–H groups in total. The van der Waals surface area contributed by atoms with E-state index in [0.29, 0.717) is 15.9 Å². The second-order valence-corrected chi connectivity index (χ2v) is 8.75. The minimum absolute atomic E-state index is 0.197. The topological polar surface area (TPSA) is 96.7 Å². The van der Waals surface area contributed by atoms with Gasteiger partial charge in [0.1, 0.15) is 10.7 Å². The second-order valence-electron chi connectivity index (χ2n) is 6.50. The molecule has 0 aliphatic rings. The maximum absolute atomic E-state index is 11.2. The molecule has 0 radical (unpaired) electrons. The van der Waals surface area contributed by atoms with E-state index in [-0.39, 0.29) is 4.88 Å². The van der Waals surface area contributed by atoms with Gasteiger partial charge in [0.05, 0.1) is 6.20 Å².